The van der Waals surface area contributed by atoms with Crippen molar-refractivity contribution in [1.82, 2.24) is 0 Å². The maximum atomic E-state index is 11.2. The monoisotopic (exact) mass is 278 g/mol. The molecule has 0 bridgehead atoms. The lowest BCUT2D eigenvalue weighted by Gasteiger charge is -2.07. The summed E-state index contributed by atoms with van der Waals surface area (Å²) >= 11 is 1.52. The third kappa shape index (κ3) is 2.46. The first kappa shape index (κ1) is 13.5. The number of esters is 1. The lowest BCUT2D eigenvalue weighted by atomic mass is 10.1. The average Bonchev–Trinajstić information content (AvgIpc) is 2.63. The maximum Gasteiger partial charge on any atom is 0.335 e. The predicted octanol–water partition coefficient (Wildman–Crippen LogP) is 3.40. The molecular formula is C14H14O4S. The fraction of sp³-hybridized carbons (Fsp3) is 0.286. The highest BCUT2D eigenvalue weighted by molar-refractivity contribution is 7.19. The van der Waals surface area contributed by atoms with Crippen LogP contribution in [0.1, 0.15) is 34.6 Å². The minimum absolute atomic E-state index is 0.132. The number of carbonyl (C=O) groups is 2. The highest BCUT2D eigenvalue weighted by Gasteiger charge is 2.17. The molecule has 2 rings (SSSR count). The van der Waals surface area contributed by atoms with Gasteiger partial charge in [-0.15, -0.1) is 11.3 Å². The Balaban J connectivity index is 2.78. The molecule has 0 fully saturated rings. The molecule has 1 aromatic carbocycles. The molecule has 0 spiro atoms. The van der Waals surface area contributed by atoms with E-state index >= 15 is 0 Å². The fourth-order valence-electron chi connectivity index (χ4n) is 2.15. The molecule has 0 saturated heterocycles. The van der Waals surface area contributed by atoms with Crippen molar-refractivity contribution < 1.29 is 19.4 Å². The SMILES string of the molecule is CCc1c(C)sc2cc(C(=O)O)cc(OC(C)=O)c12. The Labute approximate surface area is 114 Å². The van der Waals surface area contributed by atoms with Crippen molar-refractivity contribution in [2.75, 3.05) is 0 Å². The van der Waals surface area contributed by atoms with Crippen LogP contribution in [0.5, 0.6) is 5.75 Å². The summed E-state index contributed by atoms with van der Waals surface area (Å²) < 4.78 is 6.02. The fourth-order valence-corrected chi connectivity index (χ4v) is 3.37. The molecule has 2 aromatic rings. The summed E-state index contributed by atoms with van der Waals surface area (Å²) in [6.07, 6.45) is 0.812. The highest BCUT2D eigenvalue weighted by atomic mass is 32.1. The minimum Gasteiger partial charge on any atom is -0.478 e. The molecule has 5 heteroatoms. The van der Waals surface area contributed by atoms with Crippen molar-refractivity contribution in [2.45, 2.75) is 27.2 Å². The van der Waals surface area contributed by atoms with Crippen LogP contribution in [0.25, 0.3) is 10.1 Å². The number of ether oxygens (including phenoxy) is 1. The van der Waals surface area contributed by atoms with Gasteiger partial charge in [-0.1, -0.05) is 6.92 Å². The molecule has 0 saturated carbocycles. The van der Waals surface area contributed by atoms with Crippen molar-refractivity contribution in [3.05, 3.63) is 28.1 Å². The Morgan fingerprint density at radius 1 is 1.37 bits per heavy atom. The summed E-state index contributed by atoms with van der Waals surface area (Å²) in [7, 11) is 0. The third-order valence-corrected chi connectivity index (χ3v) is 4.00. The van der Waals surface area contributed by atoms with Crippen LogP contribution < -0.4 is 4.74 Å². The lowest BCUT2D eigenvalue weighted by Crippen LogP contribution is -2.04. The number of carboxylic acids is 1. The van der Waals surface area contributed by atoms with Gasteiger partial charge in [-0.25, -0.2) is 4.79 Å². The van der Waals surface area contributed by atoms with Gasteiger partial charge < -0.3 is 9.84 Å². The molecule has 19 heavy (non-hydrogen) atoms. The Hall–Kier alpha value is -1.88. The summed E-state index contributed by atoms with van der Waals surface area (Å²) in [4.78, 5) is 23.4. The Morgan fingerprint density at radius 3 is 2.58 bits per heavy atom. The molecule has 0 aliphatic carbocycles. The number of thiophene rings is 1. The number of carboxylic acid groups (broad SMARTS) is 1. The Kier molecular flexibility index (Phi) is 3.57. The first-order valence-electron chi connectivity index (χ1n) is 5.91. The van der Waals surface area contributed by atoms with E-state index < -0.39 is 11.9 Å². The largest absolute Gasteiger partial charge is 0.478 e. The Morgan fingerprint density at radius 2 is 2.05 bits per heavy atom. The number of fused-ring (bicyclic) bond motifs is 1. The van der Waals surface area contributed by atoms with E-state index in [1.54, 1.807) is 6.07 Å². The second-order valence-electron chi connectivity index (χ2n) is 4.24. The van der Waals surface area contributed by atoms with Crippen LogP contribution in [0.3, 0.4) is 0 Å². The molecule has 0 amide bonds. The van der Waals surface area contributed by atoms with Crippen molar-refractivity contribution in [3.63, 3.8) is 0 Å². The summed E-state index contributed by atoms with van der Waals surface area (Å²) in [5, 5.41) is 9.95. The first-order chi connectivity index (χ1) is 8.93. The van der Waals surface area contributed by atoms with Crippen LogP contribution in [-0.4, -0.2) is 17.0 Å². The first-order valence-corrected chi connectivity index (χ1v) is 6.73. The summed E-state index contributed by atoms with van der Waals surface area (Å²) in [5.74, 6) is -1.14. The molecule has 100 valence electrons. The number of benzene rings is 1. The van der Waals surface area contributed by atoms with Gasteiger partial charge in [0.05, 0.1) is 5.56 Å². The maximum absolute atomic E-state index is 11.2. The van der Waals surface area contributed by atoms with E-state index in [0.29, 0.717) is 5.75 Å². The topological polar surface area (TPSA) is 63.6 Å². The van der Waals surface area contributed by atoms with Gasteiger partial charge in [0.15, 0.2) is 0 Å². The molecule has 1 heterocycles. The highest BCUT2D eigenvalue weighted by Crippen LogP contribution is 2.38. The van der Waals surface area contributed by atoms with Gasteiger partial charge in [-0.05, 0) is 31.0 Å². The van der Waals surface area contributed by atoms with Crippen molar-refractivity contribution >= 4 is 33.4 Å². The lowest BCUT2D eigenvalue weighted by molar-refractivity contribution is -0.131. The van der Waals surface area contributed by atoms with Crippen LogP contribution in [0.2, 0.25) is 0 Å². The van der Waals surface area contributed by atoms with E-state index in [-0.39, 0.29) is 5.56 Å². The molecule has 0 aliphatic heterocycles. The Bertz CT molecular complexity index is 670. The minimum atomic E-state index is -1.03. The molecule has 0 unspecified atom stereocenters. The van der Waals surface area contributed by atoms with Crippen molar-refractivity contribution in [1.29, 1.82) is 0 Å². The number of carbonyl (C=O) groups excluding carboxylic acids is 1. The van der Waals surface area contributed by atoms with Gasteiger partial charge >= 0.3 is 11.9 Å². The normalized spacial score (nSPS) is 10.7. The number of aryl methyl sites for hydroxylation is 2. The third-order valence-electron chi connectivity index (χ3n) is 2.91. The van der Waals surface area contributed by atoms with E-state index in [1.807, 2.05) is 13.8 Å². The molecule has 1 N–H and O–H groups in total. The molecule has 0 aliphatic rings. The number of hydrogen-bond donors (Lipinski definition) is 1. The number of hydrogen-bond acceptors (Lipinski definition) is 4. The van der Waals surface area contributed by atoms with Crippen LogP contribution in [0.15, 0.2) is 12.1 Å². The number of aromatic carboxylic acids is 1. The molecule has 0 radical (unpaired) electrons. The van der Waals surface area contributed by atoms with E-state index in [1.165, 1.54) is 24.3 Å². The van der Waals surface area contributed by atoms with Crippen molar-refractivity contribution in [2.24, 2.45) is 0 Å². The summed E-state index contributed by atoms with van der Waals surface area (Å²) in [6, 6.07) is 3.04. The zero-order chi connectivity index (χ0) is 14.2. The van der Waals surface area contributed by atoms with Gasteiger partial charge in [0.25, 0.3) is 0 Å². The number of rotatable bonds is 3. The summed E-state index contributed by atoms with van der Waals surface area (Å²) in [6.45, 7) is 5.32. The van der Waals surface area contributed by atoms with Crippen LogP contribution in [0.4, 0.5) is 0 Å². The quantitative estimate of drug-likeness (QED) is 0.690. The smallest absolute Gasteiger partial charge is 0.335 e. The van der Waals surface area contributed by atoms with Gasteiger partial charge in [0.2, 0.25) is 0 Å². The molecule has 1 aromatic heterocycles. The van der Waals surface area contributed by atoms with Crippen LogP contribution >= 0.6 is 11.3 Å². The van der Waals surface area contributed by atoms with Gasteiger partial charge in [-0.3, -0.25) is 4.79 Å². The van der Waals surface area contributed by atoms with Gasteiger partial charge in [0, 0.05) is 21.9 Å². The average molecular weight is 278 g/mol. The van der Waals surface area contributed by atoms with Crippen LogP contribution in [0, 0.1) is 6.92 Å². The second kappa shape index (κ2) is 5.01. The van der Waals surface area contributed by atoms with Gasteiger partial charge in [-0.2, -0.15) is 0 Å². The van der Waals surface area contributed by atoms with Crippen LogP contribution in [-0.2, 0) is 11.2 Å². The molecule has 4 nitrogen and oxygen atoms in total. The zero-order valence-electron chi connectivity index (χ0n) is 10.9. The molecule has 0 atom stereocenters. The van der Waals surface area contributed by atoms with E-state index in [2.05, 4.69) is 0 Å². The summed E-state index contributed by atoms with van der Waals surface area (Å²) in [5.41, 5.74) is 1.24. The van der Waals surface area contributed by atoms with E-state index in [4.69, 9.17) is 9.84 Å². The van der Waals surface area contributed by atoms with E-state index in [9.17, 15) is 9.59 Å². The molecular weight excluding hydrogens is 264 g/mol. The van der Waals surface area contributed by atoms with Crippen molar-refractivity contribution in [3.8, 4) is 5.75 Å². The standard InChI is InChI=1S/C14H14O4S/c1-4-10-7(2)19-12-6-9(14(16)17)5-11(13(10)12)18-8(3)15/h5-6H,4H2,1-3H3,(H,16,17). The van der Waals surface area contributed by atoms with Gasteiger partial charge in [0.1, 0.15) is 5.75 Å². The second-order valence-corrected chi connectivity index (χ2v) is 5.49. The van der Waals surface area contributed by atoms with E-state index in [0.717, 1.165) is 26.9 Å². The zero-order valence-corrected chi connectivity index (χ0v) is 11.8. The predicted molar refractivity (Wildman–Crippen MR) is 74.2 cm³/mol.